The number of nitrogens with one attached hydrogen (secondary N) is 1. The van der Waals surface area contributed by atoms with Gasteiger partial charge in [-0.25, -0.2) is 0 Å². The Morgan fingerprint density at radius 2 is 1.75 bits per heavy atom. The molecule has 1 fully saturated rings. The molecule has 16 heavy (non-hydrogen) atoms. The van der Waals surface area contributed by atoms with Crippen LogP contribution in [0, 0.1) is 5.92 Å². The summed E-state index contributed by atoms with van der Waals surface area (Å²) in [5, 5.41) is 3.04. The van der Waals surface area contributed by atoms with Crippen LogP contribution >= 0.6 is 0 Å². The van der Waals surface area contributed by atoms with Gasteiger partial charge in [0.05, 0.1) is 0 Å². The van der Waals surface area contributed by atoms with Crippen LogP contribution < -0.4 is 11.1 Å². The molecule has 3 nitrogen and oxygen atoms in total. The van der Waals surface area contributed by atoms with Crippen LogP contribution in [0.5, 0.6) is 0 Å². The van der Waals surface area contributed by atoms with E-state index in [1.54, 1.807) is 0 Å². The molecule has 1 aliphatic carbocycles. The smallest absolute Gasteiger partial charge is 0.220 e. The lowest BCUT2D eigenvalue weighted by Crippen LogP contribution is -2.29. The van der Waals surface area contributed by atoms with Crippen molar-refractivity contribution in [3.8, 4) is 0 Å². The van der Waals surface area contributed by atoms with Crippen LogP contribution in [0.15, 0.2) is 0 Å². The molecule has 0 saturated heterocycles. The number of hydrogen-bond donors (Lipinski definition) is 2. The topological polar surface area (TPSA) is 55.1 Å². The molecule has 0 aromatic heterocycles. The Kier molecular flexibility index (Phi) is 7.23. The summed E-state index contributed by atoms with van der Waals surface area (Å²) in [5.41, 5.74) is 5.37. The summed E-state index contributed by atoms with van der Waals surface area (Å²) in [4.78, 5) is 11.4. The fourth-order valence-electron chi connectivity index (χ4n) is 2.35. The zero-order valence-electron chi connectivity index (χ0n) is 10.3. The zero-order valence-corrected chi connectivity index (χ0v) is 10.3. The molecule has 0 aromatic carbocycles. The molecule has 0 heterocycles. The number of carbonyl (C=O) groups is 1. The first kappa shape index (κ1) is 13.5. The number of rotatable bonds is 5. The van der Waals surface area contributed by atoms with E-state index in [1.807, 2.05) is 0 Å². The Hall–Kier alpha value is -0.570. The maximum atomic E-state index is 11.4. The second kappa shape index (κ2) is 8.57. The maximum Gasteiger partial charge on any atom is 0.220 e. The van der Waals surface area contributed by atoms with Gasteiger partial charge < -0.3 is 11.1 Å². The summed E-state index contributed by atoms with van der Waals surface area (Å²) in [6, 6.07) is 0. The lowest BCUT2D eigenvalue weighted by Gasteiger charge is -2.19. The minimum atomic E-state index is 0.174. The maximum absolute atomic E-state index is 11.4. The third kappa shape index (κ3) is 6.11. The minimum Gasteiger partial charge on any atom is -0.356 e. The monoisotopic (exact) mass is 226 g/mol. The van der Waals surface area contributed by atoms with Gasteiger partial charge in [0.1, 0.15) is 0 Å². The fourth-order valence-corrected chi connectivity index (χ4v) is 2.35. The molecule has 1 rings (SSSR count). The normalized spacial score (nSPS) is 18.8. The van der Waals surface area contributed by atoms with E-state index >= 15 is 0 Å². The number of hydrogen-bond acceptors (Lipinski definition) is 2. The van der Waals surface area contributed by atoms with Crippen molar-refractivity contribution < 1.29 is 4.79 Å². The first-order chi connectivity index (χ1) is 7.83. The average molecular weight is 226 g/mol. The van der Waals surface area contributed by atoms with Crippen LogP contribution in [0.2, 0.25) is 0 Å². The zero-order chi connectivity index (χ0) is 11.6. The third-order valence-electron chi connectivity index (χ3n) is 3.42. The van der Waals surface area contributed by atoms with E-state index in [2.05, 4.69) is 5.32 Å². The lowest BCUT2D eigenvalue weighted by molar-refractivity contribution is -0.121. The van der Waals surface area contributed by atoms with E-state index < -0.39 is 0 Å². The third-order valence-corrected chi connectivity index (χ3v) is 3.42. The second-order valence-corrected chi connectivity index (χ2v) is 4.91. The quantitative estimate of drug-likeness (QED) is 0.755. The van der Waals surface area contributed by atoms with Gasteiger partial charge in [0.25, 0.3) is 0 Å². The SMILES string of the molecule is NCCCC(=O)NCC1CCCCCCC1. The van der Waals surface area contributed by atoms with Crippen molar-refractivity contribution in [1.29, 1.82) is 0 Å². The summed E-state index contributed by atoms with van der Waals surface area (Å²) in [6.07, 6.45) is 10.8. The van der Waals surface area contributed by atoms with E-state index in [9.17, 15) is 4.79 Å². The van der Waals surface area contributed by atoms with Gasteiger partial charge in [0, 0.05) is 13.0 Å². The first-order valence-electron chi connectivity index (χ1n) is 6.79. The molecule has 0 atom stereocenters. The molecule has 1 saturated carbocycles. The van der Waals surface area contributed by atoms with Gasteiger partial charge in [0.15, 0.2) is 0 Å². The fraction of sp³-hybridized carbons (Fsp3) is 0.923. The van der Waals surface area contributed by atoms with Crippen molar-refractivity contribution in [2.24, 2.45) is 11.7 Å². The number of amides is 1. The van der Waals surface area contributed by atoms with E-state index in [0.717, 1.165) is 13.0 Å². The average Bonchev–Trinajstić information content (AvgIpc) is 2.25. The number of carbonyl (C=O) groups excluding carboxylic acids is 1. The summed E-state index contributed by atoms with van der Waals surface area (Å²) in [5.74, 6) is 0.884. The Labute approximate surface area is 99.2 Å². The molecule has 0 spiro atoms. The molecule has 0 aromatic rings. The van der Waals surface area contributed by atoms with Gasteiger partial charge in [-0.05, 0) is 31.7 Å². The second-order valence-electron chi connectivity index (χ2n) is 4.91. The summed E-state index contributed by atoms with van der Waals surface area (Å²) < 4.78 is 0. The molecule has 3 heteroatoms. The van der Waals surface area contributed by atoms with Gasteiger partial charge in [0.2, 0.25) is 5.91 Å². The predicted octanol–water partition coefficient (Wildman–Crippen LogP) is 2.20. The van der Waals surface area contributed by atoms with Crippen LogP contribution in [-0.2, 0) is 4.79 Å². The van der Waals surface area contributed by atoms with Gasteiger partial charge >= 0.3 is 0 Å². The van der Waals surface area contributed by atoms with Crippen LogP contribution in [0.3, 0.4) is 0 Å². The largest absolute Gasteiger partial charge is 0.356 e. The van der Waals surface area contributed by atoms with Crippen LogP contribution in [0.1, 0.15) is 57.8 Å². The molecule has 0 radical (unpaired) electrons. The minimum absolute atomic E-state index is 0.174. The molecule has 0 unspecified atom stereocenters. The van der Waals surface area contributed by atoms with E-state index in [4.69, 9.17) is 5.73 Å². The molecule has 3 N–H and O–H groups in total. The van der Waals surface area contributed by atoms with Crippen molar-refractivity contribution in [3.63, 3.8) is 0 Å². The Bertz CT molecular complexity index is 186. The van der Waals surface area contributed by atoms with E-state index in [0.29, 0.717) is 18.9 Å². The van der Waals surface area contributed by atoms with E-state index in [1.165, 1.54) is 44.9 Å². The van der Waals surface area contributed by atoms with Gasteiger partial charge in [-0.1, -0.05) is 32.1 Å². The van der Waals surface area contributed by atoms with E-state index in [-0.39, 0.29) is 5.91 Å². The summed E-state index contributed by atoms with van der Waals surface area (Å²) in [7, 11) is 0. The predicted molar refractivity (Wildman–Crippen MR) is 67.1 cm³/mol. The molecule has 0 aliphatic heterocycles. The molecule has 94 valence electrons. The highest BCUT2D eigenvalue weighted by molar-refractivity contribution is 5.75. The summed E-state index contributed by atoms with van der Waals surface area (Å²) >= 11 is 0. The highest BCUT2D eigenvalue weighted by atomic mass is 16.1. The molecule has 1 aliphatic rings. The van der Waals surface area contributed by atoms with Crippen molar-refractivity contribution in [2.75, 3.05) is 13.1 Å². The Morgan fingerprint density at radius 3 is 2.38 bits per heavy atom. The highest BCUT2D eigenvalue weighted by Crippen LogP contribution is 2.21. The highest BCUT2D eigenvalue weighted by Gasteiger charge is 2.12. The van der Waals surface area contributed by atoms with Crippen molar-refractivity contribution in [2.45, 2.75) is 57.8 Å². The Morgan fingerprint density at radius 1 is 1.12 bits per heavy atom. The van der Waals surface area contributed by atoms with Crippen molar-refractivity contribution in [1.82, 2.24) is 5.32 Å². The van der Waals surface area contributed by atoms with Crippen LogP contribution in [-0.4, -0.2) is 19.0 Å². The van der Waals surface area contributed by atoms with Crippen molar-refractivity contribution in [3.05, 3.63) is 0 Å². The molecule has 0 bridgehead atoms. The number of nitrogens with two attached hydrogens (primary N) is 1. The van der Waals surface area contributed by atoms with Crippen LogP contribution in [0.25, 0.3) is 0 Å². The molecular weight excluding hydrogens is 200 g/mol. The molecular formula is C13H26N2O. The first-order valence-corrected chi connectivity index (χ1v) is 6.79. The van der Waals surface area contributed by atoms with Gasteiger partial charge in [-0.2, -0.15) is 0 Å². The standard InChI is InChI=1S/C13H26N2O/c14-10-6-9-13(16)15-11-12-7-4-2-1-3-5-8-12/h12H,1-11,14H2,(H,15,16). The summed E-state index contributed by atoms with van der Waals surface area (Å²) in [6.45, 7) is 1.49. The van der Waals surface area contributed by atoms with Crippen molar-refractivity contribution >= 4 is 5.91 Å². The van der Waals surface area contributed by atoms with Gasteiger partial charge in [-0.3, -0.25) is 4.79 Å². The van der Waals surface area contributed by atoms with Crippen LogP contribution in [0.4, 0.5) is 0 Å². The molecule has 1 amide bonds. The van der Waals surface area contributed by atoms with Gasteiger partial charge in [-0.15, -0.1) is 0 Å². The lowest BCUT2D eigenvalue weighted by atomic mass is 9.91. The Balaban J connectivity index is 2.11.